The minimum atomic E-state index is -0.357. The van der Waals surface area contributed by atoms with Crippen molar-refractivity contribution in [3.63, 3.8) is 0 Å². The molecule has 0 unspecified atom stereocenters. The molecular weight excluding hydrogens is 268 g/mol. The molecule has 7 heteroatoms. The van der Waals surface area contributed by atoms with Crippen LogP contribution in [0, 0.1) is 0 Å². The lowest BCUT2D eigenvalue weighted by molar-refractivity contribution is -0.0765. The molecule has 0 radical (unpaired) electrons. The van der Waals surface area contributed by atoms with Crippen LogP contribution in [0.25, 0.3) is 0 Å². The van der Waals surface area contributed by atoms with Crippen LogP contribution in [-0.4, -0.2) is 41.1 Å². The fourth-order valence-electron chi connectivity index (χ4n) is 2.01. The Balaban J connectivity index is 2.24. The summed E-state index contributed by atoms with van der Waals surface area (Å²) in [7, 11) is 0. The van der Waals surface area contributed by atoms with Crippen molar-refractivity contribution in [1.82, 2.24) is 9.88 Å². The Morgan fingerprint density at radius 2 is 2.32 bits per heavy atom. The van der Waals surface area contributed by atoms with Crippen molar-refractivity contribution in [2.45, 2.75) is 19.4 Å². The zero-order chi connectivity index (χ0) is 14.0. The van der Waals surface area contributed by atoms with E-state index < -0.39 is 0 Å². The van der Waals surface area contributed by atoms with Gasteiger partial charge in [0, 0.05) is 13.1 Å². The van der Waals surface area contributed by atoms with Gasteiger partial charge < -0.3 is 15.1 Å². The van der Waals surface area contributed by atoms with E-state index in [-0.39, 0.29) is 17.2 Å². The Kier molecular flexibility index (Phi) is 3.93. The average molecular weight is 285 g/mol. The Hall–Kier alpha value is -1.37. The van der Waals surface area contributed by atoms with Gasteiger partial charge in [-0.1, -0.05) is 11.6 Å². The second-order valence-corrected chi connectivity index (χ2v) is 5.41. The van der Waals surface area contributed by atoms with Crippen LogP contribution in [0.4, 0.5) is 5.82 Å². The van der Waals surface area contributed by atoms with Crippen molar-refractivity contribution in [2.75, 3.05) is 25.1 Å². The number of hydrazine groups is 1. The molecule has 1 amide bonds. The van der Waals surface area contributed by atoms with Gasteiger partial charge in [0.2, 0.25) is 0 Å². The maximum absolute atomic E-state index is 12.4. The highest BCUT2D eigenvalue weighted by atomic mass is 35.5. The molecule has 1 aromatic rings. The maximum atomic E-state index is 12.4. The number of morpholine rings is 1. The minimum absolute atomic E-state index is 0.204. The van der Waals surface area contributed by atoms with Crippen molar-refractivity contribution >= 4 is 23.3 Å². The average Bonchev–Trinajstić information content (AvgIpc) is 2.37. The van der Waals surface area contributed by atoms with Crippen molar-refractivity contribution < 1.29 is 9.53 Å². The number of hydrogen-bond donors (Lipinski definition) is 2. The lowest BCUT2D eigenvalue weighted by Crippen LogP contribution is -2.50. The van der Waals surface area contributed by atoms with Gasteiger partial charge in [0.25, 0.3) is 5.91 Å². The molecule has 2 rings (SSSR count). The SMILES string of the molecule is CC1(C)CN(C(=O)c2nc(NN)ccc2Cl)CCO1. The first kappa shape index (κ1) is 14.0. The topological polar surface area (TPSA) is 80.5 Å². The van der Waals surface area contributed by atoms with Gasteiger partial charge in [-0.2, -0.15) is 0 Å². The van der Waals surface area contributed by atoms with Crippen LogP contribution in [0.2, 0.25) is 5.02 Å². The van der Waals surface area contributed by atoms with E-state index in [1.54, 1.807) is 17.0 Å². The Morgan fingerprint density at radius 3 is 2.95 bits per heavy atom. The summed E-state index contributed by atoms with van der Waals surface area (Å²) in [6, 6.07) is 3.21. The van der Waals surface area contributed by atoms with E-state index in [1.165, 1.54) is 0 Å². The Labute approximate surface area is 116 Å². The number of carbonyl (C=O) groups excluding carboxylic acids is 1. The van der Waals surface area contributed by atoms with Crippen molar-refractivity contribution in [3.8, 4) is 0 Å². The van der Waals surface area contributed by atoms with E-state index in [0.29, 0.717) is 30.5 Å². The highest BCUT2D eigenvalue weighted by Gasteiger charge is 2.31. The molecule has 0 bridgehead atoms. The number of carbonyl (C=O) groups is 1. The number of halogens is 1. The molecule has 3 N–H and O–H groups in total. The number of hydrogen-bond acceptors (Lipinski definition) is 5. The third-order valence-electron chi connectivity index (χ3n) is 2.91. The number of amides is 1. The van der Waals surface area contributed by atoms with Crippen LogP contribution >= 0.6 is 11.6 Å². The van der Waals surface area contributed by atoms with E-state index in [0.717, 1.165) is 0 Å². The number of nitrogens with two attached hydrogens (primary N) is 1. The van der Waals surface area contributed by atoms with E-state index >= 15 is 0 Å². The highest BCUT2D eigenvalue weighted by molar-refractivity contribution is 6.33. The minimum Gasteiger partial charge on any atom is -0.372 e. The first-order valence-electron chi connectivity index (χ1n) is 5.99. The molecule has 1 saturated heterocycles. The summed E-state index contributed by atoms with van der Waals surface area (Å²) < 4.78 is 5.58. The molecule has 104 valence electrons. The predicted molar refractivity (Wildman–Crippen MR) is 73.0 cm³/mol. The second-order valence-electron chi connectivity index (χ2n) is 5.01. The fourth-order valence-corrected chi connectivity index (χ4v) is 2.20. The van der Waals surface area contributed by atoms with Crippen molar-refractivity contribution in [3.05, 3.63) is 22.8 Å². The molecule has 0 saturated carbocycles. The Morgan fingerprint density at radius 1 is 1.58 bits per heavy atom. The monoisotopic (exact) mass is 284 g/mol. The second kappa shape index (κ2) is 5.32. The van der Waals surface area contributed by atoms with Gasteiger partial charge in [0.1, 0.15) is 11.5 Å². The van der Waals surface area contributed by atoms with E-state index in [9.17, 15) is 4.79 Å². The summed E-state index contributed by atoms with van der Waals surface area (Å²) in [5, 5.41) is 0.313. The molecule has 19 heavy (non-hydrogen) atoms. The zero-order valence-electron chi connectivity index (χ0n) is 10.9. The third kappa shape index (κ3) is 3.15. The molecule has 0 atom stereocenters. The molecular formula is C12H17ClN4O2. The number of nitrogens with one attached hydrogen (secondary N) is 1. The number of pyridine rings is 1. The summed E-state index contributed by atoms with van der Waals surface area (Å²) in [4.78, 5) is 18.2. The van der Waals surface area contributed by atoms with E-state index in [2.05, 4.69) is 10.4 Å². The van der Waals surface area contributed by atoms with E-state index in [1.807, 2.05) is 13.8 Å². The van der Waals surface area contributed by atoms with Crippen LogP contribution in [0.5, 0.6) is 0 Å². The molecule has 1 aromatic heterocycles. The quantitative estimate of drug-likeness (QED) is 0.631. The van der Waals surface area contributed by atoms with Crippen LogP contribution < -0.4 is 11.3 Å². The lowest BCUT2D eigenvalue weighted by Gasteiger charge is -2.38. The summed E-state index contributed by atoms with van der Waals surface area (Å²) in [6.45, 7) is 5.43. The van der Waals surface area contributed by atoms with Crippen LogP contribution in [0.3, 0.4) is 0 Å². The van der Waals surface area contributed by atoms with Crippen LogP contribution in [-0.2, 0) is 4.74 Å². The maximum Gasteiger partial charge on any atom is 0.274 e. The third-order valence-corrected chi connectivity index (χ3v) is 3.21. The largest absolute Gasteiger partial charge is 0.372 e. The van der Waals surface area contributed by atoms with Gasteiger partial charge >= 0.3 is 0 Å². The number of anilines is 1. The molecule has 0 aromatic carbocycles. The van der Waals surface area contributed by atoms with Gasteiger partial charge in [-0.15, -0.1) is 0 Å². The summed E-state index contributed by atoms with van der Waals surface area (Å²) in [5.74, 6) is 5.48. The number of nitrogens with zero attached hydrogens (tertiary/aromatic N) is 2. The molecule has 1 aliphatic heterocycles. The van der Waals surface area contributed by atoms with E-state index in [4.69, 9.17) is 22.2 Å². The summed E-state index contributed by atoms with van der Waals surface area (Å²) in [5.41, 5.74) is 2.25. The Bertz CT molecular complexity index is 493. The summed E-state index contributed by atoms with van der Waals surface area (Å²) >= 11 is 6.03. The normalized spacial score (nSPS) is 18.2. The molecule has 6 nitrogen and oxygen atoms in total. The summed E-state index contributed by atoms with van der Waals surface area (Å²) in [6.07, 6.45) is 0. The van der Waals surface area contributed by atoms with Gasteiger partial charge in [0.05, 0.1) is 17.2 Å². The number of ether oxygens (including phenoxy) is 1. The standard InChI is InChI=1S/C12H17ClN4O2/c1-12(2)7-17(5-6-19-12)11(18)10-8(13)3-4-9(15-10)16-14/h3-4H,5-7,14H2,1-2H3,(H,15,16). The highest BCUT2D eigenvalue weighted by Crippen LogP contribution is 2.22. The number of rotatable bonds is 2. The van der Waals surface area contributed by atoms with Gasteiger partial charge in [0.15, 0.2) is 0 Å². The lowest BCUT2D eigenvalue weighted by atomic mass is 10.1. The van der Waals surface area contributed by atoms with Gasteiger partial charge in [-0.05, 0) is 26.0 Å². The predicted octanol–water partition coefficient (Wildman–Crippen LogP) is 1.27. The molecule has 2 heterocycles. The molecule has 1 fully saturated rings. The molecule has 1 aliphatic rings. The van der Waals surface area contributed by atoms with Crippen LogP contribution in [0.15, 0.2) is 12.1 Å². The van der Waals surface area contributed by atoms with Gasteiger partial charge in [-0.25, -0.2) is 10.8 Å². The molecule has 0 aliphatic carbocycles. The fraction of sp³-hybridized carbons (Fsp3) is 0.500. The van der Waals surface area contributed by atoms with Crippen molar-refractivity contribution in [2.24, 2.45) is 5.84 Å². The van der Waals surface area contributed by atoms with Crippen LogP contribution in [0.1, 0.15) is 24.3 Å². The smallest absolute Gasteiger partial charge is 0.274 e. The van der Waals surface area contributed by atoms with Gasteiger partial charge in [-0.3, -0.25) is 4.79 Å². The first-order valence-corrected chi connectivity index (χ1v) is 6.37. The molecule has 0 spiro atoms. The number of aromatic nitrogens is 1. The van der Waals surface area contributed by atoms with Crippen molar-refractivity contribution in [1.29, 1.82) is 0 Å². The number of nitrogen functional groups attached to an aromatic ring is 1. The zero-order valence-corrected chi connectivity index (χ0v) is 11.7. The first-order chi connectivity index (χ1) is 8.93.